The van der Waals surface area contributed by atoms with E-state index in [1.807, 2.05) is 23.9 Å². The Morgan fingerprint density at radius 3 is 2.76 bits per heavy atom. The van der Waals surface area contributed by atoms with Gasteiger partial charge in [-0.15, -0.1) is 0 Å². The Balaban J connectivity index is 2.10. The normalized spacial score (nSPS) is 11.8. The maximum absolute atomic E-state index is 12.4. The van der Waals surface area contributed by atoms with E-state index in [4.69, 9.17) is 5.73 Å². The van der Waals surface area contributed by atoms with Crippen LogP contribution in [0.3, 0.4) is 0 Å². The predicted octanol–water partition coefficient (Wildman–Crippen LogP) is 0.708. The number of nitrogens with zero attached hydrogens (tertiary/aromatic N) is 2. The molecule has 3 N–H and O–H groups in total. The van der Waals surface area contributed by atoms with E-state index in [1.54, 1.807) is 25.3 Å². The maximum Gasteiger partial charge on any atom is 0.240 e. The summed E-state index contributed by atoms with van der Waals surface area (Å²) in [7, 11) is -1.65. The fourth-order valence-electron chi connectivity index (χ4n) is 2.07. The van der Waals surface area contributed by atoms with Gasteiger partial charge in [0.2, 0.25) is 10.0 Å². The van der Waals surface area contributed by atoms with E-state index in [-0.39, 0.29) is 4.90 Å². The SMILES string of the molecule is Cc1ccc(CN)cc1S(=O)(=O)NCCc1nccn1C. The summed E-state index contributed by atoms with van der Waals surface area (Å²) in [5.74, 6) is 0.838. The molecule has 2 rings (SSSR count). The van der Waals surface area contributed by atoms with Crippen LogP contribution in [0.1, 0.15) is 17.0 Å². The molecule has 0 amide bonds. The molecule has 0 radical (unpaired) electrons. The molecule has 0 spiro atoms. The largest absolute Gasteiger partial charge is 0.338 e. The van der Waals surface area contributed by atoms with Gasteiger partial charge >= 0.3 is 0 Å². The Bertz CT molecular complexity index is 722. The molecule has 1 heterocycles. The molecule has 2 aromatic rings. The second-order valence-corrected chi connectivity index (χ2v) is 6.64. The lowest BCUT2D eigenvalue weighted by molar-refractivity contribution is 0.579. The topological polar surface area (TPSA) is 90.0 Å². The molecular formula is C14H20N4O2S. The molecule has 0 aliphatic rings. The number of rotatable bonds is 6. The minimum absolute atomic E-state index is 0.283. The van der Waals surface area contributed by atoms with Crippen molar-refractivity contribution in [3.8, 4) is 0 Å². The molecule has 114 valence electrons. The van der Waals surface area contributed by atoms with Crippen LogP contribution < -0.4 is 10.5 Å². The lowest BCUT2D eigenvalue weighted by Crippen LogP contribution is -2.27. The van der Waals surface area contributed by atoms with Gasteiger partial charge in [-0.05, 0) is 24.1 Å². The minimum atomic E-state index is -3.53. The Morgan fingerprint density at radius 1 is 1.38 bits per heavy atom. The molecule has 6 nitrogen and oxygen atoms in total. The Kier molecular flexibility index (Phi) is 4.76. The lowest BCUT2D eigenvalue weighted by Gasteiger charge is -2.10. The van der Waals surface area contributed by atoms with Crippen LogP contribution in [0, 0.1) is 6.92 Å². The van der Waals surface area contributed by atoms with Gasteiger partial charge in [-0.2, -0.15) is 0 Å². The van der Waals surface area contributed by atoms with Gasteiger partial charge < -0.3 is 10.3 Å². The summed E-state index contributed by atoms with van der Waals surface area (Å²) in [6.07, 6.45) is 4.07. The molecule has 21 heavy (non-hydrogen) atoms. The van der Waals surface area contributed by atoms with E-state index in [0.717, 1.165) is 11.4 Å². The van der Waals surface area contributed by atoms with E-state index in [2.05, 4.69) is 9.71 Å². The molecule has 0 saturated heterocycles. The number of aryl methyl sites for hydroxylation is 2. The Morgan fingerprint density at radius 2 is 2.14 bits per heavy atom. The molecule has 1 aromatic heterocycles. The first kappa shape index (κ1) is 15.7. The van der Waals surface area contributed by atoms with Crippen LogP contribution in [0.4, 0.5) is 0 Å². The van der Waals surface area contributed by atoms with Gasteiger partial charge in [-0.1, -0.05) is 12.1 Å². The summed E-state index contributed by atoms with van der Waals surface area (Å²) in [5.41, 5.74) is 7.07. The van der Waals surface area contributed by atoms with Gasteiger partial charge in [0.05, 0.1) is 4.90 Å². The number of aromatic nitrogens is 2. The maximum atomic E-state index is 12.4. The molecule has 1 aromatic carbocycles. The smallest absolute Gasteiger partial charge is 0.240 e. The monoisotopic (exact) mass is 308 g/mol. The van der Waals surface area contributed by atoms with Crippen LogP contribution >= 0.6 is 0 Å². The van der Waals surface area contributed by atoms with Gasteiger partial charge in [-0.25, -0.2) is 18.1 Å². The van der Waals surface area contributed by atoms with Crippen LogP contribution in [-0.2, 0) is 30.0 Å². The standard InChI is InChI=1S/C14H20N4O2S/c1-11-3-4-12(10-15)9-13(11)21(19,20)17-6-5-14-16-7-8-18(14)2/h3-4,7-9,17H,5-6,10,15H2,1-2H3. The van der Waals surface area contributed by atoms with Crippen LogP contribution in [0.5, 0.6) is 0 Å². The highest BCUT2D eigenvalue weighted by atomic mass is 32.2. The summed E-state index contributed by atoms with van der Waals surface area (Å²) in [6.45, 7) is 2.39. The Labute approximate surface area is 125 Å². The van der Waals surface area contributed by atoms with Crippen molar-refractivity contribution in [1.29, 1.82) is 0 Å². The summed E-state index contributed by atoms with van der Waals surface area (Å²) >= 11 is 0. The van der Waals surface area contributed by atoms with E-state index < -0.39 is 10.0 Å². The van der Waals surface area contributed by atoms with Crippen LogP contribution in [0.15, 0.2) is 35.5 Å². The summed E-state index contributed by atoms with van der Waals surface area (Å²) in [4.78, 5) is 4.45. The zero-order chi connectivity index (χ0) is 15.5. The molecule has 0 atom stereocenters. The van der Waals surface area contributed by atoms with E-state index in [9.17, 15) is 8.42 Å². The number of nitrogens with two attached hydrogens (primary N) is 1. The third kappa shape index (κ3) is 3.69. The number of hydrogen-bond acceptors (Lipinski definition) is 4. The van der Waals surface area contributed by atoms with Gasteiger partial charge in [0.1, 0.15) is 5.82 Å². The second kappa shape index (κ2) is 6.38. The molecular weight excluding hydrogens is 288 g/mol. The fourth-order valence-corrected chi connectivity index (χ4v) is 3.40. The van der Waals surface area contributed by atoms with E-state index >= 15 is 0 Å². The third-order valence-corrected chi connectivity index (χ3v) is 4.94. The number of nitrogens with one attached hydrogen (secondary N) is 1. The first-order valence-electron chi connectivity index (χ1n) is 6.69. The first-order chi connectivity index (χ1) is 9.94. The first-order valence-corrected chi connectivity index (χ1v) is 8.18. The number of imidazole rings is 1. The van der Waals surface area contributed by atoms with Gasteiger partial charge in [-0.3, -0.25) is 0 Å². The number of benzene rings is 1. The van der Waals surface area contributed by atoms with E-state index in [1.165, 1.54) is 0 Å². The summed E-state index contributed by atoms with van der Waals surface area (Å²) < 4.78 is 29.2. The second-order valence-electron chi connectivity index (χ2n) is 4.91. The van der Waals surface area contributed by atoms with Crippen molar-refractivity contribution in [3.63, 3.8) is 0 Å². The molecule has 0 unspecified atom stereocenters. The highest BCUT2D eigenvalue weighted by molar-refractivity contribution is 7.89. The van der Waals surface area contributed by atoms with Crippen molar-refractivity contribution in [1.82, 2.24) is 14.3 Å². The van der Waals surface area contributed by atoms with Crippen molar-refractivity contribution in [2.75, 3.05) is 6.54 Å². The van der Waals surface area contributed by atoms with Crippen LogP contribution in [0.25, 0.3) is 0 Å². The zero-order valence-corrected chi connectivity index (χ0v) is 13.0. The molecule has 0 bridgehead atoms. The molecule has 0 saturated carbocycles. The molecule has 0 aliphatic heterocycles. The van der Waals surface area contributed by atoms with Crippen molar-refractivity contribution in [3.05, 3.63) is 47.5 Å². The molecule has 0 aliphatic carbocycles. The van der Waals surface area contributed by atoms with E-state index in [0.29, 0.717) is 25.1 Å². The predicted molar refractivity (Wildman–Crippen MR) is 81.2 cm³/mol. The number of sulfonamides is 1. The number of hydrogen-bond donors (Lipinski definition) is 2. The highest BCUT2D eigenvalue weighted by Crippen LogP contribution is 2.16. The van der Waals surface area contributed by atoms with Gasteiger partial charge in [0.15, 0.2) is 0 Å². The van der Waals surface area contributed by atoms with Crippen LogP contribution in [-0.4, -0.2) is 24.5 Å². The van der Waals surface area contributed by atoms with Gasteiger partial charge in [0.25, 0.3) is 0 Å². The quantitative estimate of drug-likeness (QED) is 0.822. The average Bonchev–Trinajstić information content (AvgIpc) is 2.84. The lowest BCUT2D eigenvalue weighted by atomic mass is 10.1. The van der Waals surface area contributed by atoms with Crippen LogP contribution in [0.2, 0.25) is 0 Å². The van der Waals surface area contributed by atoms with Crippen molar-refractivity contribution < 1.29 is 8.42 Å². The summed E-state index contributed by atoms with van der Waals surface area (Å²) in [6, 6.07) is 5.23. The minimum Gasteiger partial charge on any atom is -0.338 e. The van der Waals surface area contributed by atoms with Crippen molar-refractivity contribution >= 4 is 10.0 Å². The van der Waals surface area contributed by atoms with Crippen molar-refractivity contribution in [2.45, 2.75) is 24.8 Å². The van der Waals surface area contributed by atoms with Crippen molar-refractivity contribution in [2.24, 2.45) is 12.8 Å². The molecule has 7 heteroatoms. The fraction of sp³-hybridized carbons (Fsp3) is 0.357. The molecule has 0 fully saturated rings. The van der Waals surface area contributed by atoms with Gasteiger partial charge in [0, 0.05) is 39.0 Å². The third-order valence-electron chi connectivity index (χ3n) is 3.34. The summed E-state index contributed by atoms with van der Waals surface area (Å²) in [5, 5.41) is 0. The highest BCUT2D eigenvalue weighted by Gasteiger charge is 2.17. The zero-order valence-electron chi connectivity index (χ0n) is 12.2. The average molecular weight is 308 g/mol. The Hall–Kier alpha value is -1.70.